The van der Waals surface area contributed by atoms with Crippen molar-refractivity contribution in [3.8, 4) is 50.5 Å². The number of imidazole rings is 1. The van der Waals surface area contributed by atoms with Crippen molar-refractivity contribution in [2.24, 2.45) is 0 Å². The summed E-state index contributed by atoms with van der Waals surface area (Å²) < 4.78 is 2.29. The molecule has 0 aliphatic heterocycles. The molecule has 9 rings (SSSR count). The number of benzene rings is 8. The first-order valence-corrected chi connectivity index (χ1v) is 16.1. The summed E-state index contributed by atoms with van der Waals surface area (Å²) in [5.41, 5.74) is 11.5. The summed E-state index contributed by atoms with van der Waals surface area (Å²) in [6.07, 6.45) is 0. The summed E-state index contributed by atoms with van der Waals surface area (Å²) in [7, 11) is 0. The van der Waals surface area contributed by atoms with E-state index in [-0.39, 0.29) is 0 Å². The molecule has 2 nitrogen and oxygen atoms in total. The Bertz CT molecular complexity index is 2500. The van der Waals surface area contributed by atoms with E-state index in [0.717, 1.165) is 33.7 Å². The van der Waals surface area contributed by atoms with Gasteiger partial charge >= 0.3 is 0 Å². The quantitative estimate of drug-likeness (QED) is 0.180. The molecule has 0 amide bonds. The van der Waals surface area contributed by atoms with Crippen LogP contribution in [0.3, 0.4) is 0 Å². The first kappa shape index (κ1) is 27.1. The Morgan fingerprint density at radius 2 is 0.872 bits per heavy atom. The zero-order valence-corrected chi connectivity index (χ0v) is 25.7. The van der Waals surface area contributed by atoms with Crippen LogP contribution in [-0.2, 0) is 0 Å². The highest BCUT2D eigenvalue weighted by atomic mass is 15.1. The van der Waals surface area contributed by atoms with E-state index in [1.165, 1.54) is 49.4 Å². The van der Waals surface area contributed by atoms with Gasteiger partial charge in [0.15, 0.2) is 0 Å². The van der Waals surface area contributed by atoms with Crippen molar-refractivity contribution >= 4 is 32.6 Å². The van der Waals surface area contributed by atoms with Gasteiger partial charge in [-0.3, -0.25) is 4.57 Å². The lowest BCUT2D eigenvalue weighted by atomic mass is 9.84. The molecule has 0 spiro atoms. The molecule has 2 heteroatoms. The van der Waals surface area contributed by atoms with E-state index < -0.39 is 0 Å². The second-order valence-corrected chi connectivity index (χ2v) is 11.9. The number of hydrogen-bond donors (Lipinski definition) is 0. The van der Waals surface area contributed by atoms with E-state index in [4.69, 9.17) is 4.98 Å². The molecule has 0 aliphatic rings. The summed E-state index contributed by atoms with van der Waals surface area (Å²) in [6.45, 7) is 0. The SMILES string of the molecule is c1ccc(-c2cccc(-c3c4ccccc4c(-c4ccccc4-c4nc5ccccc5n4-c4ccccc4)c4ccccc34)c2)cc1. The molecule has 0 fully saturated rings. The minimum atomic E-state index is 0.931. The maximum Gasteiger partial charge on any atom is 0.146 e. The Kier molecular flexibility index (Phi) is 6.50. The van der Waals surface area contributed by atoms with Crippen LogP contribution in [0.1, 0.15) is 0 Å². The van der Waals surface area contributed by atoms with Gasteiger partial charge < -0.3 is 0 Å². The van der Waals surface area contributed by atoms with E-state index in [1.807, 2.05) is 0 Å². The molecule has 0 radical (unpaired) electrons. The third-order valence-corrected chi connectivity index (χ3v) is 9.20. The van der Waals surface area contributed by atoms with Crippen molar-refractivity contribution in [1.82, 2.24) is 9.55 Å². The maximum absolute atomic E-state index is 5.27. The summed E-state index contributed by atoms with van der Waals surface area (Å²) in [5.74, 6) is 0.931. The number of para-hydroxylation sites is 3. The minimum absolute atomic E-state index is 0.931. The molecule has 0 N–H and O–H groups in total. The molecule has 47 heavy (non-hydrogen) atoms. The normalized spacial score (nSPS) is 11.4. The third-order valence-electron chi connectivity index (χ3n) is 9.20. The summed E-state index contributed by atoms with van der Waals surface area (Å²) in [4.78, 5) is 5.27. The van der Waals surface area contributed by atoms with Gasteiger partial charge in [-0.25, -0.2) is 4.98 Å². The Balaban J connectivity index is 1.35. The first-order chi connectivity index (χ1) is 23.3. The molecule has 0 bridgehead atoms. The predicted octanol–water partition coefficient (Wildman–Crippen LogP) is 12.0. The van der Waals surface area contributed by atoms with Crippen LogP contribution in [0.15, 0.2) is 182 Å². The predicted molar refractivity (Wildman–Crippen MR) is 198 cm³/mol. The van der Waals surface area contributed by atoms with Gasteiger partial charge in [0.1, 0.15) is 5.82 Å². The fourth-order valence-corrected chi connectivity index (χ4v) is 7.16. The zero-order chi connectivity index (χ0) is 31.2. The topological polar surface area (TPSA) is 17.8 Å². The fraction of sp³-hybridized carbons (Fsp3) is 0. The van der Waals surface area contributed by atoms with Gasteiger partial charge in [0.25, 0.3) is 0 Å². The summed E-state index contributed by atoms with van der Waals surface area (Å²) in [6, 6.07) is 65.0. The van der Waals surface area contributed by atoms with Crippen molar-refractivity contribution in [1.29, 1.82) is 0 Å². The maximum atomic E-state index is 5.27. The van der Waals surface area contributed by atoms with Crippen LogP contribution in [0.2, 0.25) is 0 Å². The van der Waals surface area contributed by atoms with E-state index >= 15 is 0 Å². The van der Waals surface area contributed by atoms with E-state index in [0.29, 0.717) is 0 Å². The molecule has 1 aromatic heterocycles. The number of nitrogens with zero attached hydrogens (tertiary/aromatic N) is 2. The van der Waals surface area contributed by atoms with Gasteiger partial charge in [0, 0.05) is 11.3 Å². The second-order valence-electron chi connectivity index (χ2n) is 11.9. The average Bonchev–Trinajstić information content (AvgIpc) is 3.54. The third kappa shape index (κ3) is 4.54. The molecular weight excluding hydrogens is 569 g/mol. The molecule has 0 saturated heterocycles. The summed E-state index contributed by atoms with van der Waals surface area (Å²) >= 11 is 0. The zero-order valence-electron chi connectivity index (χ0n) is 25.7. The van der Waals surface area contributed by atoms with Crippen LogP contribution in [-0.4, -0.2) is 9.55 Å². The lowest BCUT2D eigenvalue weighted by Gasteiger charge is -2.20. The van der Waals surface area contributed by atoms with Crippen molar-refractivity contribution < 1.29 is 0 Å². The molecule has 9 aromatic rings. The van der Waals surface area contributed by atoms with Crippen molar-refractivity contribution in [3.63, 3.8) is 0 Å². The molecule has 0 aliphatic carbocycles. The second kappa shape index (κ2) is 11.3. The standard InChI is InChI=1S/C45H30N2/c1-3-16-31(17-4-1)32-18-15-19-33(30-32)43-35-22-7-9-24-37(35)44(38-25-10-8-23-36(38)43)39-26-11-12-27-40(39)45-46-41-28-13-14-29-42(41)47(45)34-20-5-2-6-21-34/h1-30H. The molecule has 0 saturated carbocycles. The van der Waals surface area contributed by atoms with E-state index in [2.05, 4.69) is 187 Å². The highest BCUT2D eigenvalue weighted by molar-refractivity contribution is 6.22. The van der Waals surface area contributed by atoms with Gasteiger partial charge in [-0.2, -0.15) is 0 Å². The van der Waals surface area contributed by atoms with Crippen LogP contribution in [0.5, 0.6) is 0 Å². The molecular formula is C45H30N2. The largest absolute Gasteiger partial charge is 0.292 e. The Morgan fingerprint density at radius 1 is 0.362 bits per heavy atom. The van der Waals surface area contributed by atoms with E-state index in [1.54, 1.807) is 0 Å². The highest BCUT2D eigenvalue weighted by Crippen LogP contribution is 2.46. The minimum Gasteiger partial charge on any atom is -0.292 e. The van der Waals surface area contributed by atoms with Gasteiger partial charge in [0.2, 0.25) is 0 Å². The monoisotopic (exact) mass is 598 g/mol. The van der Waals surface area contributed by atoms with Crippen LogP contribution >= 0.6 is 0 Å². The van der Waals surface area contributed by atoms with Crippen molar-refractivity contribution in [3.05, 3.63) is 182 Å². The van der Waals surface area contributed by atoms with Gasteiger partial charge in [0.05, 0.1) is 11.0 Å². The summed E-state index contributed by atoms with van der Waals surface area (Å²) in [5, 5.41) is 4.91. The van der Waals surface area contributed by atoms with Crippen molar-refractivity contribution in [2.75, 3.05) is 0 Å². The molecule has 220 valence electrons. The average molecular weight is 599 g/mol. The van der Waals surface area contributed by atoms with Gasteiger partial charge in [-0.15, -0.1) is 0 Å². The van der Waals surface area contributed by atoms with Crippen molar-refractivity contribution in [2.45, 2.75) is 0 Å². The van der Waals surface area contributed by atoms with Crippen LogP contribution in [0, 0.1) is 0 Å². The van der Waals surface area contributed by atoms with Crippen LogP contribution in [0.4, 0.5) is 0 Å². The number of aromatic nitrogens is 2. The number of hydrogen-bond acceptors (Lipinski definition) is 1. The Labute approximate surface area is 273 Å². The van der Waals surface area contributed by atoms with Gasteiger partial charge in [-0.05, 0) is 85.3 Å². The molecule has 1 heterocycles. The first-order valence-electron chi connectivity index (χ1n) is 16.1. The molecule has 0 atom stereocenters. The highest BCUT2D eigenvalue weighted by Gasteiger charge is 2.22. The Morgan fingerprint density at radius 3 is 1.57 bits per heavy atom. The molecule has 8 aromatic carbocycles. The lowest BCUT2D eigenvalue weighted by Crippen LogP contribution is -1.99. The number of rotatable bonds is 5. The lowest BCUT2D eigenvalue weighted by molar-refractivity contribution is 1.10. The van der Waals surface area contributed by atoms with E-state index in [9.17, 15) is 0 Å². The van der Waals surface area contributed by atoms with Crippen LogP contribution < -0.4 is 0 Å². The Hall–Kier alpha value is -6.25. The number of fused-ring (bicyclic) bond motifs is 3. The van der Waals surface area contributed by atoms with Gasteiger partial charge in [-0.1, -0.05) is 152 Å². The fourth-order valence-electron chi connectivity index (χ4n) is 7.16. The molecule has 0 unspecified atom stereocenters. The van der Waals surface area contributed by atoms with Crippen LogP contribution in [0.25, 0.3) is 83.0 Å². The smallest absolute Gasteiger partial charge is 0.146 e.